The van der Waals surface area contributed by atoms with Gasteiger partial charge in [-0.25, -0.2) is 9.18 Å². The van der Waals surface area contributed by atoms with Gasteiger partial charge in [-0.2, -0.15) is 0 Å². The average molecular weight is 254 g/mol. The Morgan fingerprint density at radius 2 is 1.94 bits per heavy atom. The molecule has 0 aliphatic heterocycles. The highest BCUT2D eigenvalue weighted by Gasteiger charge is 2.11. The first-order chi connectivity index (χ1) is 8.41. The van der Waals surface area contributed by atoms with Crippen molar-refractivity contribution in [1.29, 1.82) is 0 Å². The molecule has 0 fully saturated rings. The Morgan fingerprint density at radius 3 is 2.44 bits per heavy atom. The number of hydrogen-bond donors (Lipinski definition) is 1. The van der Waals surface area contributed by atoms with E-state index in [4.69, 9.17) is 5.11 Å². The van der Waals surface area contributed by atoms with Crippen LogP contribution in [-0.4, -0.2) is 50.2 Å². The molecular formula is C13H19FN2O2. The van der Waals surface area contributed by atoms with Crippen LogP contribution in [0.5, 0.6) is 0 Å². The predicted octanol–water partition coefficient (Wildman–Crippen LogP) is 1.91. The van der Waals surface area contributed by atoms with Crippen molar-refractivity contribution in [3.05, 3.63) is 29.6 Å². The molecule has 0 aliphatic rings. The highest BCUT2D eigenvalue weighted by atomic mass is 19.1. The molecule has 0 heterocycles. The number of rotatable bonds is 6. The van der Waals surface area contributed by atoms with E-state index in [9.17, 15) is 9.18 Å². The van der Waals surface area contributed by atoms with Crippen LogP contribution >= 0.6 is 0 Å². The zero-order valence-electron chi connectivity index (χ0n) is 11.0. The van der Waals surface area contributed by atoms with Crippen LogP contribution < -0.4 is 4.90 Å². The van der Waals surface area contributed by atoms with Gasteiger partial charge >= 0.3 is 5.97 Å². The normalized spacial score (nSPS) is 10.7. The molecule has 0 aliphatic carbocycles. The van der Waals surface area contributed by atoms with Gasteiger partial charge in [-0.15, -0.1) is 0 Å². The Balaban J connectivity index is 2.66. The number of nitrogens with zero attached hydrogens (tertiary/aromatic N) is 2. The van der Waals surface area contributed by atoms with Crippen LogP contribution in [0.4, 0.5) is 10.1 Å². The summed E-state index contributed by atoms with van der Waals surface area (Å²) in [5.74, 6) is -1.94. The lowest BCUT2D eigenvalue weighted by Gasteiger charge is -2.20. The molecule has 1 N–H and O–H groups in total. The number of halogens is 1. The van der Waals surface area contributed by atoms with E-state index in [2.05, 4.69) is 4.90 Å². The largest absolute Gasteiger partial charge is 0.478 e. The molecule has 1 aromatic rings. The molecule has 1 rings (SSSR count). The fourth-order valence-electron chi connectivity index (χ4n) is 1.67. The van der Waals surface area contributed by atoms with E-state index in [-0.39, 0.29) is 5.56 Å². The molecule has 0 radical (unpaired) electrons. The van der Waals surface area contributed by atoms with Gasteiger partial charge in [0, 0.05) is 19.3 Å². The van der Waals surface area contributed by atoms with Crippen molar-refractivity contribution in [2.24, 2.45) is 0 Å². The molecule has 100 valence electrons. The van der Waals surface area contributed by atoms with E-state index in [0.717, 1.165) is 19.5 Å². The number of anilines is 1. The van der Waals surface area contributed by atoms with Crippen LogP contribution in [0.15, 0.2) is 18.2 Å². The van der Waals surface area contributed by atoms with E-state index < -0.39 is 11.8 Å². The van der Waals surface area contributed by atoms with Gasteiger partial charge in [-0.1, -0.05) is 0 Å². The highest BCUT2D eigenvalue weighted by Crippen LogP contribution is 2.18. The lowest BCUT2D eigenvalue weighted by atomic mass is 10.2. The second-order valence-electron chi connectivity index (χ2n) is 4.55. The van der Waals surface area contributed by atoms with E-state index in [0.29, 0.717) is 5.69 Å². The predicted molar refractivity (Wildman–Crippen MR) is 69.8 cm³/mol. The van der Waals surface area contributed by atoms with Crippen molar-refractivity contribution in [3.63, 3.8) is 0 Å². The van der Waals surface area contributed by atoms with Crippen LogP contribution in [0.1, 0.15) is 16.8 Å². The Kier molecular flexibility index (Phi) is 5.09. The van der Waals surface area contributed by atoms with Crippen molar-refractivity contribution >= 4 is 11.7 Å². The van der Waals surface area contributed by atoms with Crippen molar-refractivity contribution < 1.29 is 14.3 Å². The summed E-state index contributed by atoms with van der Waals surface area (Å²) in [6, 6.07) is 4.19. The first-order valence-electron chi connectivity index (χ1n) is 5.80. The third-order valence-electron chi connectivity index (χ3n) is 2.72. The summed E-state index contributed by atoms with van der Waals surface area (Å²) in [4.78, 5) is 14.7. The molecule has 0 unspecified atom stereocenters. The van der Waals surface area contributed by atoms with E-state index in [1.54, 1.807) is 6.07 Å². The summed E-state index contributed by atoms with van der Waals surface area (Å²) in [5.41, 5.74) is 0.400. The Labute approximate surface area is 107 Å². The Hall–Kier alpha value is -1.62. The Bertz CT molecular complexity index is 421. The van der Waals surface area contributed by atoms with Crippen LogP contribution in [-0.2, 0) is 0 Å². The summed E-state index contributed by atoms with van der Waals surface area (Å²) in [6.45, 7) is 1.75. The SMILES string of the molecule is CN(C)CCCN(C)c1ccc(C(=O)O)c(F)c1. The molecule has 0 spiro atoms. The molecule has 0 aromatic heterocycles. The second-order valence-corrected chi connectivity index (χ2v) is 4.55. The van der Waals surface area contributed by atoms with Crippen LogP contribution in [0.25, 0.3) is 0 Å². The summed E-state index contributed by atoms with van der Waals surface area (Å²) in [7, 11) is 5.87. The standard InChI is InChI=1S/C13H19FN2O2/c1-15(2)7-4-8-16(3)10-5-6-11(13(17)18)12(14)9-10/h5-6,9H,4,7-8H2,1-3H3,(H,17,18). The van der Waals surface area contributed by atoms with E-state index in [1.807, 2.05) is 26.0 Å². The Morgan fingerprint density at radius 1 is 1.28 bits per heavy atom. The molecule has 0 amide bonds. The topological polar surface area (TPSA) is 43.8 Å². The number of hydrogen-bond acceptors (Lipinski definition) is 3. The molecule has 5 heteroatoms. The second kappa shape index (κ2) is 6.35. The third kappa shape index (κ3) is 4.00. The van der Waals surface area contributed by atoms with E-state index >= 15 is 0 Å². The van der Waals surface area contributed by atoms with Gasteiger partial charge in [0.2, 0.25) is 0 Å². The van der Waals surface area contributed by atoms with Crippen LogP contribution in [0.3, 0.4) is 0 Å². The van der Waals surface area contributed by atoms with Crippen molar-refractivity contribution in [3.8, 4) is 0 Å². The smallest absolute Gasteiger partial charge is 0.338 e. The highest BCUT2D eigenvalue weighted by molar-refractivity contribution is 5.88. The number of benzene rings is 1. The number of carbonyl (C=O) groups is 1. The summed E-state index contributed by atoms with van der Waals surface area (Å²) in [5, 5.41) is 8.74. The molecule has 0 saturated heterocycles. The maximum absolute atomic E-state index is 13.5. The zero-order chi connectivity index (χ0) is 13.7. The third-order valence-corrected chi connectivity index (χ3v) is 2.72. The molecule has 18 heavy (non-hydrogen) atoms. The summed E-state index contributed by atoms with van der Waals surface area (Å²) < 4.78 is 13.5. The number of aromatic carboxylic acids is 1. The van der Waals surface area contributed by atoms with Crippen LogP contribution in [0, 0.1) is 5.82 Å². The molecule has 4 nitrogen and oxygen atoms in total. The van der Waals surface area contributed by atoms with Gasteiger partial charge in [-0.3, -0.25) is 0 Å². The van der Waals surface area contributed by atoms with Crippen molar-refractivity contribution in [1.82, 2.24) is 4.90 Å². The van der Waals surface area contributed by atoms with Crippen molar-refractivity contribution in [2.45, 2.75) is 6.42 Å². The quantitative estimate of drug-likeness (QED) is 0.842. The number of carboxylic acid groups (broad SMARTS) is 1. The summed E-state index contributed by atoms with van der Waals surface area (Å²) in [6.07, 6.45) is 0.964. The molecular weight excluding hydrogens is 235 g/mol. The van der Waals surface area contributed by atoms with E-state index in [1.165, 1.54) is 12.1 Å². The molecule has 1 aromatic carbocycles. The minimum Gasteiger partial charge on any atom is -0.478 e. The number of carboxylic acids is 1. The van der Waals surface area contributed by atoms with Crippen LogP contribution in [0.2, 0.25) is 0 Å². The van der Waals surface area contributed by atoms with Gasteiger partial charge < -0.3 is 14.9 Å². The molecule has 0 saturated carbocycles. The monoisotopic (exact) mass is 254 g/mol. The van der Waals surface area contributed by atoms with Gasteiger partial charge in [0.15, 0.2) is 0 Å². The lowest BCUT2D eigenvalue weighted by Crippen LogP contribution is -2.23. The fourth-order valence-corrected chi connectivity index (χ4v) is 1.67. The fraction of sp³-hybridized carbons (Fsp3) is 0.462. The van der Waals surface area contributed by atoms with Gasteiger partial charge in [-0.05, 0) is 45.3 Å². The molecule has 0 bridgehead atoms. The minimum absolute atomic E-state index is 0.291. The minimum atomic E-state index is -1.24. The van der Waals surface area contributed by atoms with Gasteiger partial charge in [0.25, 0.3) is 0 Å². The summed E-state index contributed by atoms with van der Waals surface area (Å²) >= 11 is 0. The zero-order valence-corrected chi connectivity index (χ0v) is 11.0. The van der Waals surface area contributed by atoms with Crippen molar-refractivity contribution in [2.75, 3.05) is 39.1 Å². The van der Waals surface area contributed by atoms with Gasteiger partial charge in [0.1, 0.15) is 5.82 Å². The molecule has 0 atom stereocenters. The maximum atomic E-state index is 13.5. The lowest BCUT2D eigenvalue weighted by molar-refractivity contribution is 0.0692. The first kappa shape index (κ1) is 14.4. The maximum Gasteiger partial charge on any atom is 0.338 e. The first-order valence-corrected chi connectivity index (χ1v) is 5.80. The van der Waals surface area contributed by atoms with Gasteiger partial charge in [0.05, 0.1) is 5.56 Å². The average Bonchev–Trinajstić information content (AvgIpc) is 2.27.